The molecule has 76 valence electrons. The van der Waals surface area contributed by atoms with Gasteiger partial charge in [-0.2, -0.15) is 0 Å². The molecule has 0 aromatic rings. The van der Waals surface area contributed by atoms with Gasteiger partial charge in [0, 0.05) is 0 Å². The Balaban J connectivity index is 2.30. The van der Waals surface area contributed by atoms with Crippen molar-refractivity contribution in [3.05, 3.63) is 0 Å². The number of nitrogens with one attached hydrogen (secondary N) is 2. The fourth-order valence-electron chi connectivity index (χ4n) is 1.000. The van der Waals surface area contributed by atoms with E-state index in [-0.39, 0.29) is 0 Å². The number of carboxylic acids is 1. The topological polar surface area (TPSA) is 61.4 Å². The van der Waals surface area contributed by atoms with Crippen molar-refractivity contribution in [2.45, 2.75) is 16.7 Å². The molecule has 0 saturated carbocycles. The Morgan fingerprint density at radius 3 is 2.69 bits per heavy atom. The third-order valence-corrected chi connectivity index (χ3v) is 9.02. The minimum absolute atomic E-state index is 0.401. The molecular formula is C7H14N2O2Se2. The summed E-state index contributed by atoms with van der Waals surface area (Å²) < 4.78 is 0. The Morgan fingerprint density at radius 2 is 2.00 bits per heavy atom. The van der Waals surface area contributed by atoms with Gasteiger partial charge in [0.15, 0.2) is 0 Å². The summed E-state index contributed by atoms with van der Waals surface area (Å²) in [6.45, 7) is 2.39. The van der Waals surface area contributed by atoms with E-state index in [0.717, 1.165) is 39.4 Å². The predicted octanol–water partition coefficient (Wildman–Crippen LogP) is -1.21. The average Bonchev–Trinajstić information content (AvgIpc) is 2.14. The summed E-state index contributed by atoms with van der Waals surface area (Å²) in [6.07, 6.45) is 0. The van der Waals surface area contributed by atoms with Crippen molar-refractivity contribution in [1.29, 1.82) is 0 Å². The molecule has 1 aliphatic heterocycles. The Hall–Kier alpha value is 0.429. The van der Waals surface area contributed by atoms with Gasteiger partial charge in [-0.05, 0) is 0 Å². The Kier molecular flexibility index (Phi) is 6.03. The first-order chi connectivity index (χ1) is 6.30. The van der Waals surface area contributed by atoms with Crippen LogP contribution in [-0.4, -0.2) is 63.0 Å². The van der Waals surface area contributed by atoms with E-state index in [1.165, 1.54) is 10.6 Å². The summed E-state index contributed by atoms with van der Waals surface area (Å²) in [7, 11) is 0. The van der Waals surface area contributed by atoms with Crippen LogP contribution in [0.2, 0.25) is 10.6 Å². The summed E-state index contributed by atoms with van der Waals surface area (Å²) in [5.41, 5.74) is 0. The molecule has 1 atom stereocenters. The number of aliphatic carboxylic acids is 1. The summed E-state index contributed by atoms with van der Waals surface area (Å²) in [5, 5.41) is 17.5. The molecule has 0 radical (unpaired) electrons. The fraction of sp³-hybridized carbons (Fsp3) is 0.857. The Labute approximate surface area is 89.1 Å². The number of hydrogen-bond donors (Lipinski definition) is 3. The van der Waals surface area contributed by atoms with E-state index < -0.39 is 12.0 Å². The number of carboxylic acid groups (broad SMARTS) is 1. The molecule has 1 heterocycles. The Morgan fingerprint density at radius 1 is 1.31 bits per heavy atom. The second kappa shape index (κ2) is 6.82. The number of carbonyl (C=O) groups is 1. The zero-order chi connectivity index (χ0) is 9.52. The standard InChI is InChI=1S/C7H14N2O2Se2/c10-7(11)6-5-8-1-3-12-13-4-2-9-6/h6,8-9H,1-5H2,(H,10,11). The third kappa shape index (κ3) is 5.01. The van der Waals surface area contributed by atoms with Gasteiger partial charge in [0.25, 0.3) is 0 Å². The summed E-state index contributed by atoms with van der Waals surface area (Å²) in [4.78, 5) is 10.7. The molecule has 1 aliphatic rings. The first kappa shape index (κ1) is 11.5. The summed E-state index contributed by atoms with van der Waals surface area (Å²) >= 11 is 1.56. The van der Waals surface area contributed by atoms with E-state index in [4.69, 9.17) is 5.11 Å². The van der Waals surface area contributed by atoms with Crippen molar-refractivity contribution in [1.82, 2.24) is 10.6 Å². The van der Waals surface area contributed by atoms with Crippen LogP contribution < -0.4 is 10.6 Å². The molecule has 0 bridgehead atoms. The maximum absolute atomic E-state index is 10.7. The van der Waals surface area contributed by atoms with Gasteiger partial charge in [0.1, 0.15) is 0 Å². The first-order valence-corrected chi connectivity index (χ1v) is 11.0. The van der Waals surface area contributed by atoms with Gasteiger partial charge in [-0.15, -0.1) is 0 Å². The van der Waals surface area contributed by atoms with Crippen molar-refractivity contribution in [2.75, 3.05) is 19.6 Å². The van der Waals surface area contributed by atoms with Crippen LogP contribution in [0.25, 0.3) is 0 Å². The van der Waals surface area contributed by atoms with Crippen molar-refractivity contribution < 1.29 is 9.90 Å². The van der Waals surface area contributed by atoms with Gasteiger partial charge in [-0.3, -0.25) is 0 Å². The SMILES string of the molecule is O=C(O)C1CNCC[Se][Se]CCN1. The molecule has 0 amide bonds. The van der Waals surface area contributed by atoms with Crippen LogP contribution in [-0.2, 0) is 4.79 Å². The molecule has 1 fully saturated rings. The second-order valence-electron chi connectivity index (χ2n) is 2.69. The molecule has 0 aliphatic carbocycles. The molecule has 0 aromatic carbocycles. The number of rotatable bonds is 1. The molecular weight excluding hydrogens is 302 g/mol. The van der Waals surface area contributed by atoms with E-state index >= 15 is 0 Å². The van der Waals surface area contributed by atoms with E-state index in [2.05, 4.69) is 10.6 Å². The normalized spacial score (nSPS) is 26.6. The average molecular weight is 316 g/mol. The zero-order valence-corrected chi connectivity index (χ0v) is 10.7. The van der Waals surface area contributed by atoms with E-state index in [1.54, 1.807) is 0 Å². The van der Waals surface area contributed by atoms with E-state index in [9.17, 15) is 4.79 Å². The minimum atomic E-state index is -0.744. The van der Waals surface area contributed by atoms with Crippen LogP contribution >= 0.6 is 0 Å². The molecule has 13 heavy (non-hydrogen) atoms. The molecule has 3 N–H and O–H groups in total. The van der Waals surface area contributed by atoms with Gasteiger partial charge in [0.2, 0.25) is 0 Å². The van der Waals surface area contributed by atoms with Crippen LogP contribution in [0, 0.1) is 0 Å². The van der Waals surface area contributed by atoms with Crippen LogP contribution in [0.3, 0.4) is 0 Å². The maximum atomic E-state index is 10.7. The molecule has 1 saturated heterocycles. The number of hydrogen-bond acceptors (Lipinski definition) is 3. The van der Waals surface area contributed by atoms with Crippen molar-refractivity contribution in [3.63, 3.8) is 0 Å². The van der Waals surface area contributed by atoms with Crippen LogP contribution in [0.1, 0.15) is 0 Å². The molecule has 4 nitrogen and oxygen atoms in total. The fourth-order valence-corrected chi connectivity index (χ4v) is 6.78. The van der Waals surface area contributed by atoms with Gasteiger partial charge in [-0.1, -0.05) is 0 Å². The van der Waals surface area contributed by atoms with Crippen molar-refractivity contribution in [2.24, 2.45) is 0 Å². The Bertz CT molecular complexity index is 159. The molecule has 6 heteroatoms. The van der Waals surface area contributed by atoms with Crippen LogP contribution in [0.5, 0.6) is 0 Å². The van der Waals surface area contributed by atoms with Crippen LogP contribution in [0.15, 0.2) is 0 Å². The zero-order valence-electron chi connectivity index (χ0n) is 7.28. The predicted molar refractivity (Wildman–Crippen MR) is 53.4 cm³/mol. The van der Waals surface area contributed by atoms with E-state index in [1.807, 2.05) is 0 Å². The monoisotopic (exact) mass is 318 g/mol. The molecule has 0 spiro atoms. The van der Waals surface area contributed by atoms with Crippen molar-refractivity contribution >= 4 is 32.2 Å². The first-order valence-electron chi connectivity index (χ1n) is 4.22. The molecule has 0 aromatic heterocycles. The second-order valence-corrected chi connectivity index (χ2v) is 10.5. The quantitative estimate of drug-likeness (QED) is 0.532. The molecule has 1 unspecified atom stereocenters. The van der Waals surface area contributed by atoms with Gasteiger partial charge < -0.3 is 0 Å². The van der Waals surface area contributed by atoms with Crippen molar-refractivity contribution in [3.8, 4) is 0 Å². The summed E-state index contributed by atoms with van der Waals surface area (Å²) in [5.74, 6) is -0.744. The van der Waals surface area contributed by atoms with E-state index in [0.29, 0.717) is 6.54 Å². The summed E-state index contributed by atoms with van der Waals surface area (Å²) in [6, 6.07) is -0.401. The van der Waals surface area contributed by atoms with Gasteiger partial charge >= 0.3 is 89.1 Å². The third-order valence-electron chi connectivity index (χ3n) is 1.67. The molecule has 1 rings (SSSR count). The van der Waals surface area contributed by atoms with Gasteiger partial charge in [0.05, 0.1) is 0 Å². The van der Waals surface area contributed by atoms with Gasteiger partial charge in [-0.25, -0.2) is 0 Å². The van der Waals surface area contributed by atoms with Crippen LogP contribution in [0.4, 0.5) is 0 Å².